The predicted octanol–water partition coefficient (Wildman–Crippen LogP) is 6.51. The van der Waals surface area contributed by atoms with Gasteiger partial charge in [-0.15, -0.1) is 22.9 Å². The smallest absolute Gasteiger partial charge is 0.0843 e. The molecule has 0 aliphatic heterocycles. The molecule has 0 bridgehead atoms. The number of thiophene rings is 1. The second-order valence-corrected chi connectivity index (χ2v) is 7.26. The van der Waals surface area contributed by atoms with Crippen molar-refractivity contribution in [2.45, 2.75) is 5.38 Å². The van der Waals surface area contributed by atoms with Crippen LogP contribution in [0.3, 0.4) is 0 Å². The van der Waals surface area contributed by atoms with E-state index in [1.807, 2.05) is 6.07 Å². The van der Waals surface area contributed by atoms with Gasteiger partial charge in [0.2, 0.25) is 0 Å². The Bertz CT molecular complexity index is 689. The van der Waals surface area contributed by atoms with E-state index in [1.165, 1.54) is 11.1 Å². The third-order valence-electron chi connectivity index (χ3n) is 3.19. The van der Waals surface area contributed by atoms with Crippen LogP contribution in [0, 0.1) is 0 Å². The summed E-state index contributed by atoms with van der Waals surface area (Å²) in [5.74, 6) is 0. The highest BCUT2D eigenvalue weighted by Crippen LogP contribution is 2.34. The van der Waals surface area contributed by atoms with Crippen LogP contribution in [0.1, 0.15) is 16.5 Å². The molecule has 3 heteroatoms. The van der Waals surface area contributed by atoms with E-state index in [-0.39, 0.29) is 5.38 Å². The van der Waals surface area contributed by atoms with Crippen molar-refractivity contribution in [2.24, 2.45) is 0 Å². The Morgan fingerprint density at radius 1 is 0.850 bits per heavy atom. The van der Waals surface area contributed by atoms with E-state index in [4.69, 9.17) is 11.6 Å². The lowest BCUT2D eigenvalue weighted by Crippen LogP contribution is -1.90. The summed E-state index contributed by atoms with van der Waals surface area (Å²) in [7, 11) is 0. The third kappa shape index (κ3) is 2.98. The van der Waals surface area contributed by atoms with Gasteiger partial charge in [0.15, 0.2) is 0 Å². The summed E-state index contributed by atoms with van der Waals surface area (Å²) in [5.41, 5.74) is 4.70. The van der Waals surface area contributed by atoms with Crippen LogP contribution in [0.15, 0.2) is 69.8 Å². The fourth-order valence-electron chi connectivity index (χ4n) is 2.12. The van der Waals surface area contributed by atoms with Crippen molar-refractivity contribution in [3.63, 3.8) is 0 Å². The molecular formula is C17H12BrClS. The third-order valence-corrected chi connectivity index (χ3v) is 5.22. The Kier molecular flexibility index (Phi) is 4.25. The second kappa shape index (κ2) is 6.13. The molecule has 0 spiro atoms. The topological polar surface area (TPSA) is 0 Å². The molecular weight excluding hydrogens is 352 g/mol. The summed E-state index contributed by atoms with van der Waals surface area (Å²) in [4.78, 5) is 0. The highest BCUT2D eigenvalue weighted by atomic mass is 79.9. The van der Waals surface area contributed by atoms with Gasteiger partial charge in [0.05, 0.1) is 9.16 Å². The van der Waals surface area contributed by atoms with E-state index in [0.717, 1.165) is 14.9 Å². The summed E-state index contributed by atoms with van der Waals surface area (Å²) >= 11 is 11.7. The minimum Gasteiger partial charge on any atom is -0.136 e. The summed E-state index contributed by atoms with van der Waals surface area (Å²) < 4.78 is 1.11. The molecule has 100 valence electrons. The van der Waals surface area contributed by atoms with Crippen molar-refractivity contribution in [1.82, 2.24) is 0 Å². The number of benzene rings is 2. The molecule has 20 heavy (non-hydrogen) atoms. The molecule has 3 aromatic rings. The normalized spacial score (nSPS) is 12.3. The molecule has 0 aliphatic carbocycles. The first-order valence-corrected chi connectivity index (χ1v) is 8.38. The Morgan fingerprint density at radius 2 is 1.50 bits per heavy atom. The molecule has 0 aliphatic rings. The van der Waals surface area contributed by atoms with Gasteiger partial charge in [0.1, 0.15) is 0 Å². The molecule has 0 radical (unpaired) electrons. The first-order valence-electron chi connectivity index (χ1n) is 6.27. The molecule has 0 N–H and O–H groups in total. The Morgan fingerprint density at radius 3 is 2.10 bits per heavy atom. The van der Waals surface area contributed by atoms with Crippen LogP contribution < -0.4 is 0 Å². The highest BCUT2D eigenvalue weighted by Gasteiger charge is 2.12. The van der Waals surface area contributed by atoms with Crippen LogP contribution in [-0.2, 0) is 0 Å². The fourth-order valence-corrected chi connectivity index (χ4v) is 3.67. The molecule has 2 aromatic carbocycles. The summed E-state index contributed by atoms with van der Waals surface area (Å²) in [6, 6.07) is 20.9. The van der Waals surface area contributed by atoms with Crippen molar-refractivity contribution in [3.05, 3.63) is 81.0 Å². The monoisotopic (exact) mass is 362 g/mol. The van der Waals surface area contributed by atoms with E-state index in [0.29, 0.717) is 0 Å². The van der Waals surface area contributed by atoms with Crippen molar-refractivity contribution in [2.75, 3.05) is 0 Å². The lowest BCUT2D eigenvalue weighted by atomic mass is 10.0. The van der Waals surface area contributed by atoms with Crippen LogP contribution in [0.4, 0.5) is 0 Å². The van der Waals surface area contributed by atoms with Crippen LogP contribution in [0.25, 0.3) is 11.1 Å². The zero-order chi connectivity index (χ0) is 13.9. The number of rotatable bonds is 3. The van der Waals surface area contributed by atoms with Crippen molar-refractivity contribution in [1.29, 1.82) is 0 Å². The number of alkyl halides is 1. The largest absolute Gasteiger partial charge is 0.136 e. The average Bonchev–Trinajstić information content (AvgIpc) is 2.94. The first-order chi connectivity index (χ1) is 9.74. The van der Waals surface area contributed by atoms with Gasteiger partial charge in [0, 0.05) is 0 Å². The standard InChI is InChI=1S/C17H12BrClS/c18-16-10-15(11-20-16)17(19)14-8-6-13(7-9-14)12-4-2-1-3-5-12/h1-11,17H. The molecule has 0 nitrogen and oxygen atoms in total. The van der Waals surface area contributed by atoms with Crippen molar-refractivity contribution in [3.8, 4) is 11.1 Å². The molecule has 0 saturated heterocycles. The summed E-state index contributed by atoms with van der Waals surface area (Å²) in [6.07, 6.45) is 0. The zero-order valence-electron chi connectivity index (χ0n) is 10.6. The number of hydrogen-bond donors (Lipinski definition) is 0. The van der Waals surface area contributed by atoms with Gasteiger partial charge in [0.25, 0.3) is 0 Å². The summed E-state index contributed by atoms with van der Waals surface area (Å²) in [6.45, 7) is 0. The predicted molar refractivity (Wildman–Crippen MR) is 91.6 cm³/mol. The highest BCUT2D eigenvalue weighted by molar-refractivity contribution is 9.11. The Labute approximate surface area is 136 Å². The maximum atomic E-state index is 6.53. The first kappa shape index (κ1) is 13.9. The van der Waals surface area contributed by atoms with E-state index in [1.54, 1.807) is 11.3 Å². The Balaban J connectivity index is 1.86. The Hall–Kier alpha value is -1.09. The van der Waals surface area contributed by atoms with Gasteiger partial charge in [-0.05, 0) is 49.6 Å². The average molecular weight is 364 g/mol. The van der Waals surface area contributed by atoms with Crippen molar-refractivity contribution < 1.29 is 0 Å². The van der Waals surface area contributed by atoms with Gasteiger partial charge in [-0.2, -0.15) is 0 Å². The minimum absolute atomic E-state index is 0.0950. The lowest BCUT2D eigenvalue weighted by Gasteiger charge is -2.09. The van der Waals surface area contributed by atoms with Crippen LogP contribution in [-0.4, -0.2) is 0 Å². The molecule has 0 amide bonds. The van der Waals surface area contributed by atoms with E-state index < -0.39 is 0 Å². The van der Waals surface area contributed by atoms with E-state index >= 15 is 0 Å². The zero-order valence-corrected chi connectivity index (χ0v) is 13.8. The molecule has 1 atom stereocenters. The van der Waals surface area contributed by atoms with Gasteiger partial charge in [-0.25, -0.2) is 0 Å². The second-order valence-electron chi connectivity index (χ2n) is 4.53. The molecule has 1 aromatic heterocycles. The summed E-state index contributed by atoms with van der Waals surface area (Å²) in [5, 5.41) is 2.00. The van der Waals surface area contributed by atoms with Gasteiger partial charge in [-0.1, -0.05) is 54.6 Å². The fraction of sp³-hybridized carbons (Fsp3) is 0.0588. The SMILES string of the molecule is ClC(c1ccc(-c2ccccc2)cc1)c1csc(Br)c1. The maximum Gasteiger partial charge on any atom is 0.0843 e. The minimum atomic E-state index is -0.0950. The molecule has 3 rings (SSSR count). The molecule has 0 saturated carbocycles. The van der Waals surface area contributed by atoms with Gasteiger partial charge < -0.3 is 0 Å². The number of halogens is 2. The van der Waals surface area contributed by atoms with E-state index in [2.05, 4.69) is 75.9 Å². The van der Waals surface area contributed by atoms with Gasteiger partial charge >= 0.3 is 0 Å². The molecule has 1 unspecified atom stereocenters. The lowest BCUT2D eigenvalue weighted by molar-refractivity contribution is 1.15. The van der Waals surface area contributed by atoms with Crippen LogP contribution in [0.5, 0.6) is 0 Å². The van der Waals surface area contributed by atoms with Crippen LogP contribution >= 0.6 is 38.9 Å². The quantitative estimate of drug-likeness (QED) is 0.465. The van der Waals surface area contributed by atoms with E-state index in [9.17, 15) is 0 Å². The molecule has 0 fully saturated rings. The maximum absolute atomic E-state index is 6.53. The van der Waals surface area contributed by atoms with Crippen LogP contribution in [0.2, 0.25) is 0 Å². The van der Waals surface area contributed by atoms with Gasteiger partial charge in [-0.3, -0.25) is 0 Å². The molecule has 1 heterocycles. The number of hydrogen-bond acceptors (Lipinski definition) is 1. The van der Waals surface area contributed by atoms with Crippen molar-refractivity contribution >= 4 is 38.9 Å².